The van der Waals surface area contributed by atoms with Crippen LogP contribution in [0.2, 0.25) is 0 Å². The number of aryl methyl sites for hydroxylation is 1. The minimum atomic E-state index is 0.0490. The fourth-order valence-corrected chi connectivity index (χ4v) is 2.34. The molecular weight excluding hydrogens is 212 g/mol. The first-order valence-electron chi connectivity index (χ1n) is 6.23. The second-order valence-corrected chi connectivity index (χ2v) is 6.23. The number of hydrogen-bond donors (Lipinski definition) is 1. The maximum Gasteiger partial charge on any atom is 0.122 e. The lowest BCUT2D eigenvalue weighted by Crippen LogP contribution is -2.40. The molecule has 2 atom stereocenters. The second-order valence-electron chi connectivity index (χ2n) is 6.23. The molecule has 0 bridgehead atoms. The first kappa shape index (κ1) is 14.3. The fourth-order valence-electron chi connectivity index (χ4n) is 2.34. The van der Waals surface area contributed by atoms with Gasteiger partial charge in [-0.3, -0.25) is 4.90 Å². The largest absolute Gasteiger partial charge is 0.465 e. The molecule has 0 aromatic carbocycles. The summed E-state index contributed by atoms with van der Waals surface area (Å²) >= 11 is 0. The molecule has 0 fully saturated rings. The van der Waals surface area contributed by atoms with Gasteiger partial charge < -0.3 is 10.2 Å². The highest BCUT2D eigenvalue weighted by atomic mass is 16.3. The Morgan fingerprint density at radius 1 is 1.35 bits per heavy atom. The Balaban J connectivity index is 2.86. The Morgan fingerprint density at radius 2 is 1.94 bits per heavy atom. The lowest BCUT2D eigenvalue weighted by Gasteiger charge is -2.34. The lowest BCUT2D eigenvalue weighted by atomic mass is 9.94. The monoisotopic (exact) mass is 238 g/mol. The van der Waals surface area contributed by atoms with Crippen molar-refractivity contribution in [2.75, 3.05) is 13.6 Å². The van der Waals surface area contributed by atoms with Crippen LogP contribution in [0.15, 0.2) is 16.5 Å². The molecule has 3 nitrogen and oxygen atoms in total. The maximum absolute atomic E-state index is 6.10. The molecule has 0 aliphatic heterocycles. The minimum Gasteiger partial charge on any atom is -0.465 e. The molecule has 0 radical (unpaired) electrons. The van der Waals surface area contributed by atoms with Gasteiger partial charge in [-0.15, -0.1) is 0 Å². The third kappa shape index (κ3) is 4.17. The summed E-state index contributed by atoms with van der Waals surface area (Å²) in [5.74, 6) is 1.90. The van der Waals surface area contributed by atoms with Crippen molar-refractivity contribution in [2.45, 2.75) is 46.7 Å². The predicted molar refractivity (Wildman–Crippen MR) is 71.9 cm³/mol. The van der Waals surface area contributed by atoms with Crippen LogP contribution in [-0.2, 0) is 0 Å². The predicted octanol–water partition coefficient (Wildman–Crippen LogP) is 2.95. The zero-order valence-electron chi connectivity index (χ0n) is 11.9. The summed E-state index contributed by atoms with van der Waals surface area (Å²) in [5, 5.41) is 0. The normalized spacial score (nSPS) is 16.2. The molecule has 0 aliphatic carbocycles. The quantitative estimate of drug-likeness (QED) is 0.877. The van der Waals surface area contributed by atoms with Gasteiger partial charge >= 0.3 is 0 Å². The highest BCUT2D eigenvalue weighted by Gasteiger charge is 2.27. The summed E-state index contributed by atoms with van der Waals surface area (Å²) in [4.78, 5) is 2.28. The van der Waals surface area contributed by atoms with Gasteiger partial charge in [0.25, 0.3) is 0 Å². The van der Waals surface area contributed by atoms with Crippen LogP contribution in [0.1, 0.15) is 45.3 Å². The van der Waals surface area contributed by atoms with E-state index in [4.69, 9.17) is 10.2 Å². The molecule has 17 heavy (non-hydrogen) atoms. The number of hydrogen-bond acceptors (Lipinski definition) is 3. The van der Waals surface area contributed by atoms with Gasteiger partial charge in [-0.25, -0.2) is 0 Å². The van der Waals surface area contributed by atoms with Crippen molar-refractivity contribution < 1.29 is 4.42 Å². The highest BCUT2D eigenvalue weighted by Crippen LogP contribution is 2.27. The van der Waals surface area contributed by atoms with Crippen LogP contribution in [0.25, 0.3) is 0 Å². The van der Waals surface area contributed by atoms with Crippen LogP contribution in [0.3, 0.4) is 0 Å². The van der Waals surface area contributed by atoms with E-state index in [9.17, 15) is 0 Å². The SMILES string of the molecule is Cc1ccc(C(C(C)N)N(C)CC(C)(C)C)o1. The van der Waals surface area contributed by atoms with E-state index in [1.165, 1.54) is 0 Å². The first-order chi connectivity index (χ1) is 7.70. The standard InChI is InChI=1S/C14H26N2O/c1-10-7-8-12(17-10)13(11(2)15)16(6)9-14(3,4)5/h7-8,11,13H,9,15H2,1-6H3. The van der Waals surface area contributed by atoms with Crippen LogP contribution in [0.4, 0.5) is 0 Å². The summed E-state index contributed by atoms with van der Waals surface area (Å²) < 4.78 is 5.72. The third-order valence-electron chi connectivity index (χ3n) is 2.75. The number of nitrogens with zero attached hydrogens (tertiary/aromatic N) is 1. The third-order valence-corrected chi connectivity index (χ3v) is 2.75. The summed E-state index contributed by atoms with van der Waals surface area (Å²) in [6, 6.07) is 4.22. The molecule has 2 N–H and O–H groups in total. The van der Waals surface area contributed by atoms with Crippen LogP contribution in [0.5, 0.6) is 0 Å². The van der Waals surface area contributed by atoms with Crippen molar-refractivity contribution in [3.8, 4) is 0 Å². The first-order valence-corrected chi connectivity index (χ1v) is 6.23. The van der Waals surface area contributed by atoms with Crippen LogP contribution in [-0.4, -0.2) is 24.5 Å². The minimum absolute atomic E-state index is 0.0490. The zero-order chi connectivity index (χ0) is 13.2. The molecule has 1 aromatic rings. The molecule has 0 spiro atoms. The summed E-state index contributed by atoms with van der Waals surface area (Å²) in [6.07, 6.45) is 0. The van der Waals surface area contributed by atoms with Gasteiger partial charge in [-0.1, -0.05) is 20.8 Å². The summed E-state index contributed by atoms with van der Waals surface area (Å²) in [6.45, 7) is 11.7. The van der Waals surface area contributed by atoms with E-state index in [1.807, 2.05) is 26.0 Å². The van der Waals surface area contributed by atoms with E-state index in [1.54, 1.807) is 0 Å². The van der Waals surface area contributed by atoms with Crippen LogP contribution in [0, 0.1) is 12.3 Å². The summed E-state index contributed by atoms with van der Waals surface area (Å²) in [7, 11) is 2.11. The molecule has 1 rings (SSSR count). The Hall–Kier alpha value is -0.800. The molecule has 0 aliphatic rings. The molecule has 2 unspecified atom stereocenters. The smallest absolute Gasteiger partial charge is 0.122 e. The van der Waals surface area contributed by atoms with E-state index in [0.717, 1.165) is 18.1 Å². The zero-order valence-corrected chi connectivity index (χ0v) is 11.9. The van der Waals surface area contributed by atoms with Crippen molar-refractivity contribution in [1.29, 1.82) is 0 Å². The average molecular weight is 238 g/mol. The molecule has 0 amide bonds. The molecule has 0 saturated carbocycles. The van der Waals surface area contributed by atoms with Gasteiger partial charge in [-0.2, -0.15) is 0 Å². The number of likely N-dealkylation sites (N-methyl/N-ethyl adjacent to an activating group) is 1. The van der Waals surface area contributed by atoms with Gasteiger partial charge in [0.05, 0.1) is 6.04 Å². The number of nitrogens with two attached hydrogens (primary N) is 1. The highest BCUT2D eigenvalue weighted by molar-refractivity contribution is 5.11. The van der Waals surface area contributed by atoms with Crippen molar-refractivity contribution in [3.05, 3.63) is 23.7 Å². The van der Waals surface area contributed by atoms with Crippen molar-refractivity contribution >= 4 is 0 Å². The van der Waals surface area contributed by atoms with E-state index in [0.29, 0.717) is 0 Å². The molecule has 0 saturated heterocycles. The maximum atomic E-state index is 6.10. The van der Waals surface area contributed by atoms with Crippen LogP contribution < -0.4 is 5.73 Å². The summed E-state index contributed by atoms with van der Waals surface area (Å²) in [5.41, 5.74) is 6.35. The van der Waals surface area contributed by atoms with Crippen molar-refractivity contribution in [1.82, 2.24) is 4.90 Å². The van der Waals surface area contributed by atoms with E-state index < -0.39 is 0 Å². The Morgan fingerprint density at radius 3 is 2.29 bits per heavy atom. The Kier molecular flexibility index (Phi) is 4.39. The Bertz CT molecular complexity index is 349. The lowest BCUT2D eigenvalue weighted by molar-refractivity contribution is 0.139. The van der Waals surface area contributed by atoms with Gasteiger partial charge in [-0.05, 0) is 38.4 Å². The molecular formula is C14H26N2O. The topological polar surface area (TPSA) is 42.4 Å². The molecule has 98 valence electrons. The van der Waals surface area contributed by atoms with Crippen LogP contribution >= 0.6 is 0 Å². The average Bonchev–Trinajstić information content (AvgIpc) is 2.47. The van der Waals surface area contributed by atoms with Crippen molar-refractivity contribution in [2.24, 2.45) is 11.1 Å². The Labute approximate surface area is 105 Å². The number of rotatable bonds is 4. The second kappa shape index (κ2) is 5.23. The van der Waals surface area contributed by atoms with Gasteiger partial charge in [0.2, 0.25) is 0 Å². The molecule has 1 heterocycles. The van der Waals surface area contributed by atoms with Gasteiger partial charge in [0.15, 0.2) is 0 Å². The van der Waals surface area contributed by atoms with Gasteiger partial charge in [0, 0.05) is 12.6 Å². The van der Waals surface area contributed by atoms with Crippen molar-refractivity contribution in [3.63, 3.8) is 0 Å². The molecule has 1 aromatic heterocycles. The van der Waals surface area contributed by atoms with E-state index in [-0.39, 0.29) is 17.5 Å². The number of furan rings is 1. The molecule has 3 heteroatoms. The van der Waals surface area contributed by atoms with E-state index in [2.05, 4.69) is 32.7 Å². The fraction of sp³-hybridized carbons (Fsp3) is 0.714. The van der Waals surface area contributed by atoms with E-state index >= 15 is 0 Å². The van der Waals surface area contributed by atoms with Gasteiger partial charge in [0.1, 0.15) is 11.5 Å².